The third kappa shape index (κ3) is 6.17. The van der Waals surface area contributed by atoms with Gasteiger partial charge in [-0.2, -0.15) is 0 Å². The molecule has 0 saturated heterocycles. The van der Waals surface area contributed by atoms with Gasteiger partial charge in [0, 0.05) is 37.5 Å². The quantitative estimate of drug-likeness (QED) is 0.334. The molecule has 1 amide bonds. The van der Waals surface area contributed by atoms with Crippen molar-refractivity contribution in [2.75, 3.05) is 39.0 Å². The van der Waals surface area contributed by atoms with Gasteiger partial charge in [-0.05, 0) is 24.6 Å². The smallest absolute Gasteiger partial charge is 0.253 e. The van der Waals surface area contributed by atoms with Gasteiger partial charge in [0.25, 0.3) is 5.91 Å². The monoisotopic (exact) mass is 481 g/mol. The van der Waals surface area contributed by atoms with Gasteiger partial charge >= 0.3 is 0 Å². The number of nitrogens with zero attached hydrogens (tertiary/aromatic N) is 1. The molecule has 2 aromatic rings. The second-order valence-corrected chi connectivity index (χ2v) is 8.09. The number of aliphatic imine (C=N–C) groups is 1. The number of para-hydroxylation sites is 1. The first-order valence-corrected chi connectivity index (χ1v) is 11.7. The van der Waals surface area contributed by atoms with Gasteiger partial charge in [0.2, 0.25) is 11.5 Å². The molecule has 1 unspecified atom stereocenters. The minimum Gasteiger partial charge on any atom is -0.493 e. The molecule has 2 aromatic carbocycles. The van der Waals surface area contributed by atoms with Gasteiger partial charge in [-0.25, -0.2) is 4.99 Å². The van der Waals surface area contributed by atoms with Crippen molar-refractivity contribution >= 4 is 23.5 Å². The molecule has 0 aliphatic carbocycles. The Bertz CT molecular complexity index is 1060. The molecule has 0 spiro atoms. The Morgan fingerprint density at radius 2 is 1.77 bits per heavy atom. The fourth-order valence-electron chi connectivity index (χ4n) is 3.95. The summed E-state index contributed by atoms with van der Waals surface area (Å²) in [5.74, 6) is 1.35. The van der Waals surface area contributed by atoms with Crippen LogP contribution in [0.15, 0.2) is 53.3 Å². The van der Waals surface area contributed by atoms with Crippen molar-refractivity contribution < 1.29 is 19.0 Å². The zero-order valence-corrected chi connectivity index (χ0v) is 21.0. The van der Waals surface area contributed by atoms with Gasteiger partial charge in [-0.3, -0.25) is 4.79 Å². The second-order valence-electron chi connectivity index (χ2n) is 8.09. The lowest BCUT2D eigenvalue weighted by Crippen LogP contribution is -2.52. The number of amides is 1. The van der Waals surface area contributed by atoms with E-state index in [1.54, 1.807) is 40.7 Å². The topological polar surface area (TPSA) is 105 Å². The van der Waals surface area contributed by atoms with E-state index in [1.807, 2.05) is 36.4 Å². The van der Waals surface area contributed by atoms with E-state index in [-0.39, 0.29) is 5.91 Å². The van der Waals surface area contributed by atoms with E-state index >= 15 is 0 Å². The van der Waals surface area contributed by atoms with Crippen molar-refractivity contribution in [3.05, 3.63) is 53.9 Å². The van der Waals surface area contributed by atoms with Crippen LogP contribution in [-0.2, 0) is 0 Å². The number of nitrogens with one attached hydrogen (secondary N) is 4. The highest BCUT2D eigenvalue weighted by atomic mass is 16.5. The van der Waals surface area contributed by atoms with E-state index in [4.69, 9.17) is 19.2 Å². The van der Waals surface area contributed by atoms with Crippen LogP contribution in [0.5, 0.6) is 17.2 Å². The van der Waals surface area contributed by atoms with Crippen LogP contribution in [0.25, 0.3) is 0 Å². The fraction of sp³-hybridized carbons (Fsp3) is 0.385. The highest BCUT2D eigenvalue weighted by Crippen LogP contribution is 2.41. The van der Waals surface area contributed by atoms with Gasteiger partial charge < -0.3 is 35.5 Å². The Labute approximate surface area is 206 Å². The lowest BCUT2D eigenvalue weighted by molar-refractivity contribution is 0.0964. The molecule has 0 aromatic heterocycles. The number of allylic oxidation sites excluding steroid dienone is 1. The Morgan fingerprint density at radius 1 is 1.06 bits per heavy atom. The van der Waals surface area contributed by atoms with Crippen LogP contribution in [0.3, 0.4) is 0 Å². The highest BCUT2D eigenvalue weighted by molar-refractivity contribution is 5.99. The van der Waals surface area contributed by atoms with Gasteiger partial charge in [-0.15, -0.1) is 0 Å². The molecule has 4 N–H and O–H groups in total. The first-order chi connectivity index (χ1) is 17.0. The Kier molecular flexibility index (Phi) is 8.83. The van der Waals surface area contributed by atoms with Gasteiger partial charge in [0.15, 0.2) is 11.5 Å². The fourth-order valence-corrected chi connectivity index (χ4v) is 3.95. The minimum absolute atomic E-state index is 0.164. The maximum absolute atomic E-state index is 12.3. The van der Waals surface area contributed by atoms with Crippen molar-refractivity contribution in [3.63, 3.8) is 0 Å². The molecule has 1 aliphatic rings. The zero-order valence-electron chi connectivity index (χ0n) is 21.0. The molecule has 35 heavy (non-hydrogen) atoms. The number of hydrogen-bond donors (Lipinski definition) is 4. The molecule has 1 atom stereocenters. The summed E-state index contributed by atoms with van der Waals surface area (Å²) in [6.07, 6.45) is 7.45. The van der Waals surface area contributed by atoms with E-state index in [2.05, 4.69) is 28.2 Å². The molecule has 0 fully saturated rings. The third-order valence-corrected chi connectivity index (χ3v) is 5.70. The van der Waals surface area contributed by atoms with Crippen LogP contribution in [0.2, 0.25) is 0 Å². The predicted molar refractivity (Wildman–Crippen MR) is 140 cm³/mol. The number of carbonyl (C=O) groups excluding carboxylic acids is 1. The number of benzene rings is 2. The van der Waals surface area contributed by atoms with Crippen molar-refractivity contribution in [1.29, 1.82) is 0 Å². The van der Waals surface area contributed by atoms with E-state index in [0.29, 0.717) is 34.3 Å². The van der Waals surface area contributed by atoms with Crippen molar-refractivity contribution in [2.45, 2.75) is 38.4 Å². The summed E-state index contributed by atoms with van der Waals surface area (Å²) in [6.45, 7) is 2.17. The van der Waals surface area contributed by atoms with Gasteiger partial charge in [0.1, 0.15) is 5.82 Å². The second kappa shape index (κ2) is 12.0. The molecule has 1 aliphatic heterocycles. The Balaban J connectivity index is 1.91. The largest absolute Gasteiger partial charge is 0.493 e. The van der Waals surface area contributed by atoms with Crippen LogP contribution in [-0.4, -0.2) is 46.3 Å². The summed E-state index contributed by atoms with van der Waals surface area (Å²) in [5, 5.41) is 13.1. The molecular weight excluding hydrogens is 446 g/mol. The molecule has 0 radical (unpaired) electrons. The first kappa shape index (κ1) is 25.7. The summed E-state index contributed by atoms with van der Waals surface area (Å²) >= 11 is 0. The molecule has 1 heterocycles. The third-order valence-electron chi connectivity index (χ3n) is 5.70. The molecule has 188 valence electrons. The molecule has 3 rings (SSSR count). The maximum atomic E-state index is 12.3. The van der Waals surface area contributed by atoms with Crippen molar-refractivity contribution in [2.24, 2.45) is 4.99 Å². The lowest BCUT2D eigenvalue weighted by atomic mass is 10.1. The average molecular weight is 482 g/mol. The number of ether oxygens (including phenoxy) is 3. The number of unbranched alkanes of at least 4 members (excludes halogenated alkanes) is 2. The van der Waals surface area contributed by atoms with Crippen LogP contribution in [0, 0.1) is 0 Å². The molecule has 0 saturated carbocycles. The molecule has 9 heteroatoms. The van der Waals surface area contributed by atoms with Gasteiger partial charge in [0.05, 0.1) is 32.6 Å². The van der Waals surface area contributed by atoms with Crippen molar-refractivity contribution in [1.82, 2.24) is 10.6 Å². The van der Waals surface area contributed by atoms with E-state index in [9.17, 15) is 4.79 Å². The average Bonchev–Trinajstić information content (AvgIpc) is 2.88. The minimum atomic E-state index is -0.821. The SMILES string of the molecule is CCCCCC1(Nc2cc(OC)c(OC)c(OC)c2)N=CC=C(Nc2ccccc2C(=O)NC)N1. The molecular formula is C26H35N5O4. The normalized spacial score (nSPS) is 16.5. The summed E-state index contributed by atoms with van der Waals surface area (Å²) in [5.41, 5.74) is 2.00. The maximum Gasteiger partial charge on any atom is 0.253 e. The number of hydrogen-bond acceptors (Lipinski definition) is 8. The highest BCUT2D eigenvalue weighted by Gasteiger charge is 2.32. The number of methoxy groups -OCH3 is 3. The first-order valence-electron chi connectivity index (χ1n) is 11.7. The van der Waals surface area contributed by atoms with E-state index < -0.39 is 5.79 Å². The van der Waals surface area contributed by atoms with Crippen LogP contribution in [0.1, 0.15) is 43.0 Å². The number of anilines is 2. The molecule has 0 bridgehead atoms. The number of carbonyl (C=O) groups is 1. The van der Waals surface area contributed by atoms with E-state index in [1.165, 1.54) is 0 Å². The Hall–Kier alpha value is -3.88. The van der Waals surface area contributed by atoms with Crippen molar-refractivity contribution in [3.8, 4) is 17.2 Å². The lowest BCUT2D eigenvalue weighted by Gasteiger charge is -2.37. The molecule has 9 nitrogen and oxygen atoms in total. The standard InChI is InChI=1S/C26H35N5O4/c1-6-7-10-14-26(30-18-16-21(33-3)24(35-5)22(17-18)34-4)28-15-13-23(31-26)29-20-12-9-8-11-19(20)25(32)27-2/h8-9,11-13,15-17,29-31H,6-7,10,14H2,1-5H3,(H,27,32). The summed E-state index contributed by atoms with van der Waals surface area (Å²) in [4.78, 5) is 17.1. The number of rotatable bonds is 12. The Morgan fingerprint density at radius 3 is 2.40 bits per heavy atom. The van der Waals surface area contributed by atoms with E-state index in [0.717, 1.165) is 31.4 Å². The summed E-state index contributed by atoms with van der Waals surface area (Å²) in [6, 6.07) is 11.1. The van der Waals surface area contributed by atoms with Gasteiger partial charge in [-0.1, -0.05) is 31.9 Å². The van der Waals surface area contributed by atoms with Crippen LogP contribution >= 0.6 is 0 Å². The predicted octanol–water partition coefficient (Wildman–Crippen LogP) is 4.35. The zero-order chi connectivity index (χ0) is 25.3. The van der Waals surface area contributed by atoms with Crippen LogP contribution < -0.4 is 35.5 Å². The summed E-state index contributed by atoms with van der Waals surface area (Å²) < 4.78 is 16.5. The van der Waals surface area contributed by atoms with Crippen LogP contribution in [0.4, 0.5) is 11.4 Å². The summed E-state index contributed by atoms with van der Waals surface area (Å²) in [7, 11) is 6.36.